The van der Waals surface area contributed by atoms with E-state index >= 15 is 0 Å². The van der Waals surface area contributed by atoms with Crippen LogP contribution in [0.1, 0.15) is 99.3 Å². The van der Waals surface area contributed by atoms with E-state index in [1.807, 2.05) is 0 Å². The van der Waals surface area contributed by atoms with Gasteiger partial charge in [-0.2, -0.15) is 0 Å². The van der Waals surface area contributed by atoms with Crippen molar-refractivity contribution < 1.29 is 9.22 Å². The van der Waals surface area contributed by atoms with Crippen molar-refractivity contribution in [3.63, 3.8) is 0 Å². The Morgan fingerprint density at radius 3 is 2.23 bits per heavy atom. The smallest absolute Gasteiger partial charge is 0.192 e. The molecule has 4 fully saturated rings. The standard InChI is InChI=1S/C28H50O2Si/c1-19(18-29)23-11-12-24-22-10-9-20-17-21(30-31(7,8)26(2,3)4)13-15-27(20,5)25(22)14-16-28(23,24)6/h18-25H,9-17H2,1-8H3/t19-,20?,21?,22+,23-,24+,25+,27+,28-/m1/s1. The number of hydrogen-bond donors (Lipinski definition) is 0. The molecule has 4 aliphatic rings. The van der Waals surface area contributed by atoms with Gasteiger partial charge in [0.2, 0.25) is 0 Å². The highest BCUT2D eigenvalue weighted by Crippen LogP contribution is 2.68. The lowest BCUT2D eigenvalue weighted by atomic mass is 9.44. The Bertz CT molecular complexity index is 681. The van der Waals surface area contributed by atoms with Crippen LogP contribution in [0.3, 0.4) is 0 Å². The van der Waals surface area contributed by atoms with Crippen LogP contribution in [0.15, 0.2) is 0 Å². The summed E-state index contributed by atoms with van der Waals surface area (Å²) in [7, 11) is -1.69. The van der Waals surface area contributed by atoms with Gasteiger partial charge in [-0.25, -0.2) is 0 Å². The maximum atomic E-state index is 11.6. The minimum absolute atomic E-state index is 0.237. The molecule has 0 radical (unpaired) electrons. The van der Waals surface area contributed by atoms with Crippen LogP contribution in [0.2, 0.25) is 18.1 Å². The molecule has 4 rings (SSSR count). The van der Waals surface area contributed by atoms with Gasteiger partial charge in [-0.05, 0) is 116 Å². The summed E-state index contributed by atoms with van der Waals surface area (Å²) in [4.78, 5) is 11.6. The van der Waals surface area contributed by atoms with Gasteiger partial charge in [0, 0.05) is 12.0 Å². The van der Waals surface area contributed by atoms with Crippen LogP contribution in [0.5, 0.6) is 0 Å². The third-order valence-electron chi connectivity index (χ3n) is 11.8. The largest absolute Gasteiger partial charge is 0.414 e. The predicted molar refractivity (Wildman–Crippen MR) is 133 cm³/mol. The fourth-order valence-corrected chi connectivity index (χ4v) is 10.3. The Labute approximate surface area is 193 Å². The second-order valence-electron chi connectivity index (χ2n) is 14.2. The van der Waals surface area contributed by atoms with E-state index in [1.165, 1.54) is 64.1 Å². The number of fused-ring (bicyclic) bond motifs is 5. The molecule has 31 heavy (non-hydrogen) atoms. The highest BCUT2D eigenvalue weighted by Gasteiger charge is 2.60. The summed E-state index contributed by atoms with van der Waals surface area (Å²) in [6.45, 7) is 19.4. The van der Waals surface area contributed by atoms with Crippen molar-refractivity contribution in [1.82, 2.24) is 0 Å². The summed E-state index contributed by atoms with van der Waals surface area (Å²) in [6, 6.07) is 0. The Balaban J connectivity index is 1.48. The van der Waals surface area contributed by atoms with Crippen LogP contribution in [-0.4, -0.2) is 20.7 Å². The van der Waals surface area contributed by atoms with Gasteiger partial charge in [0.25, 0.3) is 0 Å². The summed E-state index contributed by atoms with van der Waals surface area (Å²) >= 11 is 0. The van der Waals surface area contributed by atoms with Gasteiger partial charge in [0.1, 0.15) is 6.29 Å². The molecule has 0 saturated heterocycles. The van der Waals surface area contributed by atoms with E-state index < -0.39 is 8.32 Å². The van der Waals surface area contributed by atoms with Gasteiger partial charge in [-0.15, -0.1) is 0 Å². The third kappa shape index (κ3) is 3.82. The van der Waals surface area contributed by atoms with E-state index in [-0.39, 0.29) is 5.92 Å². The van der Waals surface area contributed by atoms with Gasteiger partial charge >= 0.3 is 0 Å². The molecular formula is C28H50O2Si. The highest BCUT2D eigenvalue weighted by molar-refractivity contribution is 6.74. The van der Waals surface area contributed by atoms with E-state index in [4.69, 9.17) is 4.43 Å². The molecule has 0 amide bonds. The Hall–Kier alpha value is -0.153. The summed E-state index contributed by atoms with van der Waals surface area (Å²) in [5.41, 5.74) is 0.930. The van der Waals surface area contributed by atoms with E-state index in [0.29, 0.717) is 27.9 Å². The number of aldehydes is 1. The third-order valence-corrected chi connectivity index (χ3v) is 16.3. The zero-order chi connectivity index (χ0) is 22.8. The van der Waals surface area contributed by atoms with Crippen LogP contribution < -0.4 is 0 Å². The molecule has 0 aromatic heterocycles. The SMILES string of the molecule is C[C@H](C=O)[C@H]1CC[C@H]2[C@@H]3CCC4CC(O[Si](C)(C)C(C)(C)C)CC[C@]4(C)[C@H]3CC[C@]12C. The van der Waals surface area contributed by atoms with Crippen molar-refractivity contribution >= 4 is 14.6 Å². The first-order valence-electron chi connectivity index (χ1n) is 13.5. The van der Waals surface area contributed by atoms with Crippen molar-refractivity contribution in [2.75, 3.05) is 0 Å². The van der Waals surface area contributed by atoms with Crippen molar-refractivity contribution in [3.8, 4) is 0 Å². The fourth-order valence-electron chi connectivity index (χ4n) is 8.92. The molecule has 9 atom stereocenters. The number of hydrogen-bond acceptors (Lipinski definition) is 2. The van der Waals surface area contributed by atoms with Gasteiger partial charge in [-0.3, -0.25) is 0 Å². The Morgan fingerprint density at radius 1 is 0.935 bits per heavy atom. The lowest BCUT2D eigenvalue weighted by Crippen LogP contribution is -2.55. The van der Waals surface area contributed by atoms with Crippen LogP contribution in [0.25, 0.3) is 0 Å². The van der Waals surface area contributed by atoms with Crippen molar-refractivity contribution in [2.24, 2.45) is 46.3 Å². The lowest BCUT2D eigenvalue weighted by Gasteiger charge is -2.61. The average Bonchev–Trinajstić information content (AvgIpc) is 3.04. The topological polar surface area (TPSA) is 26.3 Å². The van der Waals surface area contributed by atoms with Crippen molar-refractivity contribution in [2.45, 2.75) is 124 Å². The average molecular weight is 447 g/mol. The van der Waals surface area contributed by atoms with Gasteiger partial charge < -0.3 is 9.22 Å². The minimum Gasteiger partial charge on any atom is -0.414 e. The first-order chi connectivity index (χ1) is 14.3. The number of rotatable bonds is 4. The lowest BCUT2D eigenvalue weighted by molar-refractivity contribution is -0.131. The second-order valence-corrected chi connectivity index (χ2v) is 18.9. The van der Waals surface area contributed by atoms with Crippen LogP contribution in [-0.2, 0) is 9.22 Å². The Morgan fingerprint density at radius 2 is 1.58 bits per heavy atom. The molecule has 0 heterocycles. The van der Waals surface area contributed by atoms with Crippen LogP contribution in [0.4, 0.5) is 0 Å². The predicted octanol–water partition coefficient (Wildman–Crippen LogP) is 7.87. The van der Waals surface area contributed by atoms with E-state index in [0.717, 1.165) is 23.7 Å². The number of carbonyl (C=O) groups is 1. The summed E-state index contributed by atoms with van der Waals surface area (Å²) in [6.07, 6.45) is 13.9. The molecule has 0 bridgehead atoms. The van der Waals surface area contributed by atoms with Crippen LogP contribution in [0, 0.1) is 46.3 Å². The molecule has 178 valence electrons. The maximum absolute atomic E-state index is 11.6. The molecular weight excluding hydrogens is 396 g/mol. The molecule has 0 N–H and O–H groups in total. The van der Waals surface area contributed by atoms with E-state index in [1.54, 1.807) is 0 Å². The van der Waals surface area contributed by atoms with E-state index in [9.17, 15) is 4.79 Å². The van der Waals surface area contributed by atoms with Gasteiger partial charge in [0.15, 0.2) is 8.32 Å². The zero-order valence-electron chi connectivity index (χ0n) is 21.8. The van der Waals surface area contributed by atoms with Crippen molar-refractivity contribution in [3.05, 3.63) is 0 Å². The molecule has 0 aliphatic heterocycles. The summed E-state index contributed by atoms with van der Waals surface area (Å²) in [5.74, 6) is 4.38. The number of carbonyl (C=O) groups excluding carboxylic acids is 1. The van der Waals surface area contributed by atoms with Gasteiger partial charge in [0.05, 0.1) is 0 Å². The van der Waals surface area contributed by atoms with Crippen molar-refractivity contribution in [1.29, 1.82) is 0 Å². The molecule has 0 spiro atoms. The maximum Gasteiger partial charge on any atom is 0.192 e. The fraction of sp³-hybridized carbons (Fsp3) is 0.964. The second kappa shape index (κ2) is 7.96. The minimum atomic E-state index is -1.69. The van der Waals surface area contributed by atoms with Gasteiger partial charge in [-0.1, -0.05) is 41.5 Å². The first-order valence-corrected chi connectivity index (χ1v) is 16.4. The monoisotopic (exact) mass is 446 g/mol. The molecule has 4 saturated carbocycles. The Kier molecular flexibility index (Phi) is 6.16. The zero-order valence-corrected chi connectivity index (χ0v) is 22.8. The highest BCUT2D eigenvalue weighted by atomic mass is 28.4. The quantitative estimate of drug-likeness (QED) is 0.324. The first kappa shape index (κ1) is 24.0. The van der Waals surface area contributed by atoms with E-state index in [2.05, 4.69) is 54.6 Å². The molecule has 2 unspecified atom stereocenters. The van der Waals surface area contributed by atoms with Crippen LogP contribution >= 0.6 is 0 Å². The molecule has 0 aromatic carbocycles. The molecule has 2 nitrogen and oxygen atoms in total. The normalized spacial score (nSPS) is 46.6. The summed E-state index contributed by atoms with van der Waals surface area (Å²) < 4.78 is 6.92. The summed E-state index contributed by atoms with van der Waals surface area (Å²) in [5, 5.41) is 0.302. The molecule has 3 heteroatoms. The molecule has 0 aromatic rings. The molecule has 4 aliphatic carbocycles.